The van der Waals surface area contributed by atoms with Crippen LogP contribution in [0.4, 0.5) is 0 Å². The van der Waals surface area contributed by atoms with Crippen molar-refractivity contribution in [2.45, 2.75) is 13.8 Å². The Balaban J connectivity index is 2.14. The van der Waals surface area contributed by atoms with E-state index in [-0.39, 0.29) is 0 Å². The average molecular weight is 402 g/mol. The first-order valence-corrected chi connectivity index (χ1v) is 9.07. The van der Waals surface area contributed by atoms with Crippen molar-refractivity contribution in [2.75, 3.05) is 0 Å². The van der Waals surface area contributed by atoms with Gasteiger partial charge in [0.25, 0.3) is 0 Å². The number of aromatic nitrogens is 1. The summed E-state index contributed by atoms with van der Waals surface area (Å²) >= 11 is 18.6. The van der Waals surface area contributed by atoms with Crippen LogP contribution in [0.3, 0.4) is 0 Å². The molecule has 0 unspecified atom stereocenters. The lowest BCUT2D eigenvalue weighted by molar-refractivity contribution is 0.965. The molecule has 0 aliphatic rings. The van der Waals surface area contributed by atoms with E-state index in [0.29, 0.717) is 26.2 Å². The van der Waals surface area contributed by atoms with E-state index in [1.54, 1.807) is 12.1 Å². The molecule has 0 spiro atoms. The van der Waals surface area contributed by atoms with Crippen LogP contribution in [0.25, 0.3) is 17.3 Å². The van der Waals surface area contributed by atoms with Crippen molar-refractivity contribution in [3.8, 4) is 11.8 Å². The molecule has 5 heteroatoms. The van der Waals surface area contributed by atoms with Crippen LogP contribution in [0.15, 0.2) is 48.5 Å². The fourth-order valence-corrected chi connectivity index (χ4v) is 3.70. The third-order valence-corrected chi connectivity index (χ3v) is 5.07. The molecule has 2 nitrogen and oxygen atoms in total. The molecule has 0 aliphatic heterocycles. The Labute approximate surface area is 167 Å². The molecule has 0 amide bonds. The van der Waals surface area contributed by atoms with Gasteiger partial charge in [0.2, 0.25) is 0 Å². The van der Waals surface area contributed by atoms with Gasteiger partial charge in [0.05, 0.1) is 22.4 Å². The second-order valence-corrected chi connectivity index (χ2v) is 7.16. The van der Waals surface area contributed by atoms with Gasteiger partial charge in [-0.3, -0.25) is 0 Å². The highest BCUT2D eigenvalue weighted by Gasteiger charge is 2.14. The van der Waals surface area contributed by atoms with E-state index in [9.17, 15) is 5.26 Å². The predicted molar refractivity (Wildman–Crippen MR) is 110 cm³/mol. The topological polar surface area (TPSA) is 28.7 Å². The summed E-state index contributed by atoms with van der Waals surface area (Å²) in [4.78, 5) is 0. The first kappa shape index (κ1) is 18.6. The van der Waals surface area contributed by atoms with Gasteiger partial charge in [0.1, 0.15) is 0 Å². The van der Waals surface area contributed by atoms with Crippen molar-refractivity contribution in [1.82, 2.24) is 4.57 Å². The SMILES string of the molecule is Cc1cc(C=C(C#N)c2ccccc2Cl)c(C)n1-c1ccc(Cl)cc1Cl. The molecule has 0 aliphatic carbocycles. The largest absolute Gasteiger partial charge is 0.316 e. The molecule has 0 fully saturated rings. The number of nitriles is 1. The summed E-state index contributed by atoms with van der Waals surface area (Å²) in [5.41, 5.74) is 5.00. The monoisotopic (exact) mass is 400 g/mol. The zero-order chi connectivity index (χ0) is 18.8. The van der Waals surface area contributed by atoms with E-state index < -0.39 is 0 Å². The molecule has 3 rings (SSSR count). The maximum absolute atomic E-state index is 9.60. The third kappa shape index (κ3) is 3.52. The van der Waals surface area contributed by atoms with Gasteiger partial charge in [0, 0.05) is 27.0 Å². The van der Waals surface area contributed by atoms with Crippen molar-refractivity contribution in [3.05, 3.63) is 86.1 Å². The highest BCUT2D eigenvalue weighted by Crippen LogP contribution is 2.31. The fraction of sp³-hybridized carbons (Fsp3) is 0.0952. The Morgan fingerprint density at radius 2 is 1.73 bits per heavy atom. The summed E-state index contributed by atoms with van der Waals surface area (Å²) in [5, 5.41) is 11.3. The molecule has 1 heterocycles. The Morgan fingerprint density at radius 1 is 1.00 bits per heavy atom. The quantitative estimate of drug-likeness (QED) is 0.429. The normalized spacial score (nSPS) is 11.5. The minimum Gasteiger partial charge on any atom is -0.316 e. The number of halogens is 3. The summed E-state index contributed by atoms with van der Waals surface area (Å²) < 4.78 is 2.05. The number of benzene rings is 2. The van der Waals surface area contributed by atoms with Crippen molar-refractivity contribution in [2.24, 2.45) is 0 Å². The smallest absolute Gasteiger partial charge is 0.0998 e. The molecular weight excluding hydrogens is 387 g/mol. The molecular formula is C21H15Cl3N2. The zero-order valence-electron chi connectivity index (χ0n) is 14.2. The van der Waals surface area contributed by atoms with E-state index in [1.165, 1.54) is 0 Å². The average Bonchev–Trinajstić information content (AvgIpc) is 2.88. The van der Waals surface area contributed by atoms with Gasteiger partial charge in [-0.2, -0.15) is 5.26 Å². The standard InChI is InChI=1S/C21H15Cl3N2/c1-13-9-15(10-16(12-25)18-5-3-4-6-19(18)23)14(2)26(13)21-8-7-17(22)11-20(21)24/h3-11H,1-2H3. The Morgan fingerprint density at radius 3 is 2.38 bits per heavy atom. The van der Waals surface area contributed by atoms with Crippen LogP contribution in [0.1, 0.15) is 22.5 Å². The molecule has 0 saturated heterocycles. The van der Waals surface area contributed by atoms with Crippen LogP contribution in [-0.2, 0) is 0 Å². The Hall–Kier alpha value is -2.18. The van der Waals surface area contributed by atoms with E-state index in [4.69, 9.17) is 34.8 Å². The van der Waals surface area contributed by atoms with Crippen molar-refractivity contribution >= 4 is 46.5 Å². The first-order valence-electron chi connectivity index (χ1n) is 7.93. The molecule has 2 aromatic carbocycles. The predicted octanol–water partition coefficient (Wildman–Crippen LogP) is 7.12. The second kappa shape index (κ2) is 7.60. The number of hydrogen-bond donors (Lipinski definition) is 0. The minimum atomic E-state index is 0.512. The number of rotatable bonds is 3. The maximum Gasteiger partial charge on any atom is 0.0998 e. The third-order valence-electron chi connectivity index (χ3n) is 4.21. The molecule has 0 atom stereocenters. The van der Waals surface area contributed by atoms with E-state index in [1.807, 2.05) is 60.9 Å². The summed E-state index contributed by atoms with van der Waals surface area (Å²) in [6.07, 6.45) is 1.85. The van der Waals surface area contributed by atoms with Gasteiger partial charge in [-0.25, -0.2) is 0 Å². The number of allylic oxidation sites excluding steroid dienone is 1. The molecule has 0 bridgehead atoms. The zero-order valence-corrected chi connectivity index (χ0v) is 16.5. The molecule has 0 radical (unpaired) electrons. The maximum atomic E-state index is 9.60. The highest BCUT2D eigenvalue weighted by molar-refractivity contribution is 6.35. The van der Waals surface area contributed by atoms with Crippen LogP contribution in [0.5, 0.6) is 0 Å². The number of hydrogen-bond acceptors (Lipinski definition) is 1. The molecule has 130 valence electrons. The lowest BCUT2D eigenvalue weighted by Gasteiger charge is -2.12. The van der Waals surface area contributed by atoms with Gasteiger partial charge >= 0.3 is 0 Å². The first-order chi connectivity index (χ1) is 12.4. The fourth-order valence-electron chi connectivity index (χ4n) is 2.97. The molecule has 3 aromatic rings. The highest BCUT2D eigenvalue weighted by atomic mass is 35.5. The van der Waals surface area contributed by atoms with E-state index in [2.05, 4.69) is 6.07 Å². The summed E-state index contributed by atoms with van der Waals surface area (Å²) in [6.45, 7) is 3.99. The number of nitrogens with zero attached hydrogens (tertiary/aromatic N) is 2. The van der Waals surface area contributed by atoms with Gasteiger partial charge < -0.3 is 4.57 Å². The second-order valence-electron chi connectivity index (χ2n) is 5.91. The molecule has 0 N–H and O–H groups in total. The molecule has 1 aromatic heterocycles. The van der Waals surface area contributed by atoms with Crippen LogP contribution in [-0.4, -0.2) is 4.57 Å². The van der Waals surface area contributed by atoms with Crippen molar-refractivity contribution in [1.29, 1.82) is 5.26 Å². The minimum absolute atomic E-state index is 0.512. The van der Waals surface area contributed by atoms with Crippen LogP contribution >= 0.6 is 34.8 Å². The van der Waals surface area contributed by atoms with Gasteiger partial charge in [-0.15, -0.1) is 0 Å². The van der Waals surface area contributed by atoms with Gasteiger partial charge in [-0.1, -0.05) is 53.0 Å². The lowest BCUT2D eigenvalue weighted by Crippen LogP contribution is -2.00. The Kier molecular flexibility index (Phi) is 5.44. The molecule has 0 saturated carbocycles. The summed E-state index contributed by atoms with van der Waals surface area (Å²) in [7, 11) is 0. The van der Waals surface area contributed by atoms with Crippen LogP contribution < -0.4 is 0 Å². The van der Waals surface area contributed by atoms with Crippen molar-refractivity contribution in [3.63, 3.8) is 0 Å². The van der Waals surface area contributed by atoms with E-state index >= 15 is 0 Å². The summed E-state index contributed by atoms with van der Waals surface area (Å²) in [6, 6.07) is 17.0. The molecule has 26 heavy (non-hydrogen) atoms. The van der Waals surface area contributed by atoms with Gasteiger partial charge in [-0.05, 0) is 55.8 Å². The van der Waals surface area contributed by atoms with E-state index in [0.717, 1.165) is 22.6 Å². The van der Waals surface area contributed by atoms with Crippen LogP contribution in [0.2, 0.25) is 15.1 Å². The lowest BCUT2D eigenvalue weighted by atomic mass is 10.0. The van der Waals surface area contributed by atoms with Crippen LogP contribution in [0, 0.1) is 25.2 Å². The Bertz CT molecular complexity index is 1060. The van der Waals surface area contributed by atoms with Gasteiger partial charge in [0.15, 0.2) is 0 Å². The van der Waals surface area contributed by atoms with Crippen molar-refractivity contribution < 1.29 is 0 Å². The summed E-state index contributed by atoms with van der Waals surface area (Å²) in [5.74, 6) is 0. The number of aryl methyl sites for hydroxylation is 1.